The third kappa shape index (κ3) is 4.92. The van der Waals surface area contributed by atoms with Crippen molar-refractivity contribution in [3.63, 3.8) is 0 Å². The molecule has 0 radical (unpaired) electrons. The van der Waals surface area contributed by atoms with Gasteiger partial charge in [0.25, 0.3) is 5.91 Å². The molecule has 0 atom stereocenters. The molecular weight excluding hydrogens is 410 g/mol. The largest absolute Gasteiger partial charge is 0.378 e. The lowest BCUT2D eigenvalue weighted by Gasteiger charge is -2.35. The van der Waals surface area contributed by atoms with Crippen LogP contribution in [-0.2, 0) is 9.53 Å². The van der Waals surface area contributed by atoms with Crippen molar-refractivity contribution in [2.75, 3.05) is 39.4 Å². The molecule has 2 aliphatic heterocycles. The van der Waals surface area contributed by atoms with Gasteiger partial charge in [-0.3, -0.25) is 9.59 Å². The molecule has 2 aliphatic rings. The fraction of sp³-hybridized carbons (Fsp3) is 0.375. The van der Waals surface area contributed by atoms with E-state index in [1.165, 1.54) is 11.8 Å². The van der Waals surface area contributed by atoms with Gasteiger partial charge in [-0.05, 0) is 37.1 Å². The maximum Gasteiger partial charge on any atom is 0.255 e. The molecule has 0 N–H and O–H groups in total. The van der Waals surface area contributed by atoms with E-state index in [2.05, 4.69) is 6.07 Å². The van der Waals surface area contributed by atoms with Crippen molar-refractivity contribution in [2.45, 2.75) is 22.6 Å². The second kappa shape index (κ2) is 9.99. The number of carbonyl (C=O) groups excluding carboxylic acids is 2. The summed E-state index contributed by atoms with van der Waals surface area (Å²) in [7, 11) is 0. The van der Waals surface area contributed by atoms with E-state index in [-0.39, 0.29) is 17.7 Å². The number of hydrogen-bond donors (Lipinski definition) is 0. The summed E-state index contributed by atoms with van der Waals surface area (Å²) in [6.07, 6.45) is 1.38. The summed E-state index contributed by atoms with van der Waals surface area (Å²) in [6, 6.07) is 17.1. The fourth-order valence-electron chi connectivity index (χ4n) is 4.04. The van der Waals surface area contributed by atoms with Gasteiger partial charge in [-0.15, -0.1) is 0 Å². The Morgan fingerprint density at radius 1 is 0.903 bits per heavy atom. The van der Waals surface area contributed by atoms with Crippen LogP contribution in [0.15, 0.2) is 58.3 Å². The number of carbonyl (C=O) groups is 2. The van der Waals surface area contributed by atoms with Gasteiger partial charge in [0.2, 0.25) is 5.91 Å². The minimum Gasteiger partial charge on any atom is -0.378 e. The Labute approximate surface area is 186 Å². The smallest absolute Gasteiger partial charge is 0.255 e. The molecule has 31 heavy (non-hydrogen) atoms. The van der Waals surface area contributed by atoms with Crippen LogP contribution in [0.5, 0.6) is 0 Å². The molecule has 0 bridgehead atoms. The van der Waals surface area contributed by atoms with E-state index in [9.17, 15) is 14.9 Å². The Morgan fingerprint density at radius 2 is 1.55 bits per heavy atom. The Kier molecular flexibility index (Phi) is 6.90. The fourth-order valence-corrected chi connectivity index (χ4v) is 5.06. The van der Waals surface area contributed by atoms with Crippen LogP contribution in [0, 0.1) is 17.2 Å². The predicted molar refractivity (Wildman–Crippen MR) is 118 cm³/mol. The number of nitrogens with zero attached hydrogens (tertiary/aromatic N) is 3. The standard InChI is InChI=1S/C24H25N3O3S/c25-17-19-5-1-3-7-21(19)31-22-8-4-2-6-20(22)24(29)26-11-9-18(10-12-26)23(28)27-13-15-30-16-14-27/h1-8,18H,9-16H2. The van der Waals surface area contributed by atoms with E-state index in [1.54, 1.807) is 6.07 Å². The molecule has 2 fully saturated rings. The van der Waals surface area contributed by atoms with Crippen molar-refractivity contribution >= 4 is 23.6 Å². The Morgan fingerprint density at radius 3 is 2.26 bits per heavy atom. The number of likely N-dealkylation sites (tertiary alicyclic amines) is 1. The summed E-state index contributed by atoms with van der Waals surface area (Å²) in [5, 5.41) is 9.37. The van der Waals surface area contributed by atoms with Gasteiger partial charge in [-0.2, -0.15) is 5.26 Å². The van der Waals surface area contributed by atoms with Crippen molar-refractivity contribution in [3.05, 3.63) is 59.7 Å². The highest BCUT2D eigenvalue weighted by Gasteiger charge is 2.31. The van der Waals surface area contributed by atoms with Gasteiger partial charge < -0.3 is 14.5 Å². The average Bonchev–Trinajstić information content (AvgIpc) is 2.84. The third-order valence-corrected chi connectivity index (χ3v) is 6.95. The van der Waals surface area contributed by atoms with Crippen molar-refractivity contribution in [1.82, 2.24) is 9.80 Å². The molecule has 0 aliphatic carbocycles. The molecule has 0 unspecified atom stereocenters. The van der Waals surface area contributed by atoms with Crippen molar-refractivity contribution in [3.8, 4) is 6.07 Å². The number of ether oxygens (including phenoxy) is 1. The maximum absolute atomic E-state index is 13.3. The second-order valence-corrected chi connectivity index (χ2v) is 8.79. The van der Waals surface area contributed by atoms with Crippen molar-refractivity contribution in [1.29, 1.82) is 5.26 Å². The molecule has 2 saturated heterocycles. The van der Waals surface area contributed by atoms with Crippen LogP contribution in [0.25, 0.3) is 0 Å². The van der Waals surface area contributed by atoms with Crippen LogP contribution in [0.2, 0.25) is 0 Å². The van der Waals surface area contributed by atoms with E-state index < -0.39 is 0 Å². The van der Waals surface area contributed by atoms with Gasteiger partial charge in [0.15, 0.2) is 0 Å². The molecule has 2 heterocycles. The van der Waals surface area contributed by atoms with Crippen LogP contribution in [-0.4, -0.2) is 61.0 Å². The number of benzene rings is 2. The van der Waals surface area contributed by atoms with E-state index in [0.717, 1.165) is 9.79 Å². The van der Waals surface area contributed by atoms with Crippen molar-refractivity contribution < 1.29 is 14.3 Å². The predicted octanol–water partition coefficient (Wildman–Crippen LogP) is 3.42. The maximum atomic E-state index is 13.3. The molecule has 6 nitrogen and oxygen atoms in total. The summed E-state index contributed by atoms with van der Waals surface area (Å²) in [5.74, 6) is 0.156. The first-order valence-electron chi connectivity index (χ1n) is 10.6. The number of nitriles is 1. The monoisotopic (exact) mass is 435 g/mol. The molecule has 0 spiro atoms. The minimum atomic E-state index is -0.0192. The average molecular weight is 436 g/mol. The molecule has 0 aromatic heterocycles. The summed E-state index contributed by atoms with van der Waals surface area (Å²) in [5.41, 5.74) is 1.23. The van der Waals surface area contributed by atoms with Crippen LogP contribution >= 0.6 is 11.8 Å². The molecule has 0 saturated carbocycles. The lowest BCUT2D eigenvalue weighted by molar-refractivity contribution is -0.141. The molecule has 2 aromatic carbocycles. The van der Waals surface area contributed by atoms with Crippen LogP contribution in [0.3, 0.4) is 0 Å². The lowest BCUT2D eigenvalue weighted by atomic mass is 9.94. The van der Waals surface area contributed by atoms with Crippen LogP contribution < -0.4 is 0 Å². The summed E-state index contributed by atoms with van der Waals surface area (Å²) >= 11 is 1.44. The van der Waals surface area contributed by atoms with E-state index in [4.69, 9.17) is 4.74 Å². The third-order valence-electron chi connectivity index (χ3n) is 5.80. The zero-order valence-corrected chi connectivity index (χ0v) is 18.1. The highest BCUT2D eigenvalue weighted by atomic mass is 32.2. The van der Waals surface area contributed by atoms with Crippen LogP contribution in [0.4, 0.5) is 0 Å². The first-order chi connectivity index (χ1) is 15.2. The van der Waals surface area contributed by atoms with E-state index >= 15 is 0 Å². The molecule has 4 rings (SSSR count). The van der Waals surface area contributed by atoms with Gasteiger partial charge in [0, 0.05) is 41.9 Å². The second-order valence-electron chi connectivity index (χ2n) is 7.71. The highest BCUT2D eigenvalue weighted by molar-refractivity contribution is 7.99. The topological polar surface area (TPSA) is 73.6 Å². The van der Waals surface area contributed by atoms with Gasteiger partial charge >= 0.3 is 0 Å². The first-order valence-corrected chi connectivity index (χ1v) is 11.4. The normalized spacial score (nSPS) is 17.3. The zero-order chi connectivity index (χ0) is 21.6. The number of morpholine rings is 1. The SMILES string of the molecule is N#Cc1ccccc1Sc1ccccc1C(=O)N1CCC(C(=O)N2CCOCC2)CC1. The summed E-state index contributed by atoms with van der Waals surface area (Å²) in [6.45, 7) is 3.68. The van der Waals surface area contributed by atoms with Crippen LogP contribution in [0.1, 0.15) is 28.8 Å². The van der Waals surface area contributed by atoms with E-state index in [0.29, 0.717) is 63.4 Å². The number of piperidine rings is 1. The summed E-state index contributed by atoms with van der Waals surface area (Å²) < 4.78 is 5.34. The molecule has 2 amide bonds. The quantitative estimate of drug-likeness (QED) is 0.736. The summed E-state index contributed by atoms with van der Waals surface area (Å²) in [4.78, 5) is 31.4. The zero-order valence-electron chi connectivity index (χ0n) is 17.3. The van der Waals surface area contributed by atoms with Gasteiger partial charge in [-0.1, -0.05) is 36.0 Å². The highest BCUT2D eigenvalue weighted by Crippen LogP contribution is 2.33. The minimum absolute atomic E-state index is 0.0187. The molecular formula is C24H25N3O3S. The van der Waals surface area contributed by atoms with Gasteiger partial charge in [0.1, 0.15) is 6.07 Å². The van der Waals surface area contributed by atoms with Gasteiger partial charge in [-0.25, -0.2) is 0 Å². The Hall–Kier alpha value is -2.82. The number of rotatable bonds is 4. The molecule has 7 heteroatoms. The van der Waals surface area contributed by atoms with E-state index in [1.807, 2.05) is 52.3 Å². The van der Waals surface area contributed by atoms with Gasteiger partial charge in [0.05, 0.1) is 24.3 Å². The Bertz CT molecular complexity index is 990. The lowest BCUT2D eigenvalue weighted by Crippen LogP contribution is -2.47. The molecule has 2 aromatic rings. The number of hydrogen-bond acceptors (Lipinski definition) is 5. The first kappa shape index (κ1) is 21.4. The molecule has 160 valence electrons. The Balaban J connectivity index is 1.43. The van der Waals surface area contributed by atoms with Crippen molar-refractivity contribution in [2.24, 2.45) is 5.92 Å². The number of amides is 2.